The van der Waals surface area contributed by atoms with Crippen LogP contribution < -0.4 is 10.1 Å². The average Bonchev–Trinajstić information content (AvgIpc) is 2.41. The highest BCUT2D eigenvalue weighted by Crippen LogP contribution is 2.24. The summed E-state index contributed by atoms with van der Waals surface area (Å²) in [6.45, 7) is 10.9. The van der Waals surface area contributed by atoms with Crippen LogP contribution in [0.3, 0.4) is 0 Å². The zero-order valence-electron chi connectivity index (χ0n) is 13.7. The summed E-state index contributed by atoms with van der Waals surface area (Å²) >= 11 is 0. The summed E-state index contributed by atoms with van der Waals surface area (Å²) in [5.74, 6) is 0.00688. The van der Waals surface area contributed by atoms with Gasteiger partial charge in [-0.15, -0.1) is 0 Å². The van der Waals surface area contributed by atoms with E-state index in [0.717, 1.165) is 23.3 Å². The molecule has 0 saturated carbocycles. The van der Waals surface area contributed by atoms with Gasteiger partial charge in [0.1, 0.15) is 11.3 Å². The number of carboxylic acids is 1. The number of carboxylic acid groups (broad SMARTS) is 1. The molecule has 2 N–H and O–H groups in total. The van der Waals surface area contributed by atoms with E-state index < -0.39 is 11.5 Å². The highest BCUT2D eigenvalue weighted by Gasteiger charge is 2.32. The van der Waals surface area contributed by atoms with Crippen LogP contribution in [-0.2, 0) is 4.79 Å². The van der Waals surface area contributed by atoms with Gasteiger partial charge in [-0.05, 0) is 63.4 Å². The number of aryl methyl sites for hydroxylation is 2. The largest absolute Gasteiger partial charge is 0.493 e. The van der Waals surface area contributed by atoms with Crippen LogP contribution in [0, 0.1) is 20.8 Å². The van der Waals surface area contributed by atoms with Crippen LogP contribution in [0.15, 0.2) is 12.1 Å². The van der Waals surface area contributed by atoms with Gasteiger partial charge in [0, 0.05) is 6.42 Å². The third-order valence-corrected chi connectivity index (χ3v) is 3.86. The minimum Gasteiger partial charge on any atom is -0.493 e. The third-order valence-electron chi connectivity index (χ3n) is 3.86. The van der Waals surface area contributed by atoms with Crippen molar-refractivity contribution in [1.82, 2.24) is 5.32 Å². The molecule has 0 saturated heterocycles. The lowest BCUT2D eigenvalue weighted by Crippen LogP contribution is -2.50. The van der Waals surface area contributed by atoms with Gasteiger partial charge in [0.15, 0.2) is 0 Å². The molecule has 0 bridgehead atoms. The number of hydrogen-bond donors (Lipinski definition) is 2. The number of carbonyl (C=O) groups is 1. The standard InChI is InChI=1S/C17H27NO3/c1-6-8-18-17(5,16(19)20)7-9-21-15-11-12(2)10-13(3)14(15)4/h10-11,18H,6-9H2,1-5H3,(H,19,20). The molecule has 1 aromatic rings. The Hall–Kier alpha value is -1.55. The average molecular weight is 293 g/mol. The first-order valence-corrected chi connectivity index (χ1v) is 7.49. The first-order valence-electron chi connectivity index (χ1n) is 7.49. The molecule has 4 heteroatoms. The fourth-order valence-corrected chi connectivity index (χ4v) is 2.19. The number of ether oxygens (including phenoxy) is 1. The van der Waals surface area contributed by atoms with E-state index in [2.05, 4.69) is 18.3 Å². The van der Waals surface area contributed by atoms with E-state index in [1.165, 1.54) is 5.56 Å². The van der Waals surface area contributed by atoms with Crippen molar-refractivity contribution in [3.05, 3.63) is 28.8 Å². The van der Waals surface area contributed by atoms with Crippen molar-refractivity contribution in [3.63, 3.8) is 0 Å². The molecule has 0 radical (unpaired) electrons. The summed E-state index contributed by atoms with van der Waals surface area (Å²) in [6.07, 6.45) is 1.33. The quantitative estimate of drug-likeness (QED) is 0.772. The molecule has 4 nitrogen and oxygen atoms in total. The molecule has 0 spiro atoms. The summed E-state index contributed by atoms with van der Waals surface area (Å²) in [6, 6.07) is 4.12. The van der Waals surface area contributed by atoms with Gasteiger partial charge in [0.25, 0.3) is 0 Å². The highest BCUT2D eigenvalue weighted by atomic mass is 16.5. The van der Waals surface area contributed by atoms with E-state index in [0.29, 0.717) is 19.6 Å². The number of hydrogen-bond acceptors (Lipinski definition) is 3. The Labute approximate surface area is 127 Å². The molecule has 1 unspecified atom stereocenters. The molecule has 0 aliphatic carbocycles. The molecule has 1 aromatic carbocycles. The maximum atomic E-state index is 11.4. The Bertz CT molecular complexity index is 499. The first kappa shape index (κ1) is 17.5. The van der Waals surface area contributed by atoms with Crippen molar-refractivity contribution in [2.45, 2.75) is 53.0 Å². The molecule has 0 fully saturated rings. The van der Waals surface area contributed by atoms with E-state index in [1.807, 2.05) is 26.8 Å². The monoisotopic (exact) mass is 293 g/mol. The van der Waals surface area contributed by atoms with Crippen LogP contribution >= 0.6 is 0 Å². The lowest BCUT2D eigenvalue weighted by atomic mass is 9.98. The normalized spacial score (nSPS) is 13.8. The second-order valence-electron chi connectivity index (χ2n) is 5.87. The van der Waals surface area contributed by atoms with E-state index in [1.54, 1.807) is 6.92 Å². The lowest BCUT2D eigenvalue weighted by Gasteiger charge is -2.26. The molecule has 1 rings (SSSR count). The van der Waals surface area contributed by atoms with Gasteiger partial charge in [-0.1, -0.05) is 13.0 Å². The van der Waals surface area contributed by atoms with Crippen LogP contribution in [0.2, 0.25) is 0 Å². The topological polar surface area (TPSA) is 58.6 Å². The molecule has 0 aromatic heterocycles. The maximum absolute atomic E-state index is 11.4. The number of benzene rings is 1. The Kier molecular flexibility index (Phi) is 6.21. The SMILES string of the molecule is CCCNC(C)(CCOc1cc(C)cc(C)c1C)C(=O)O. The summed E-state index contributed by atoms with van der Waals surface area (Å²) < 4.78 is 5.82. The van der Waals surface area contributed by atoms with E-state index in [-0.39, 0.29) is 0 Å². The van der Waals surface area contributed by atoms with Crippen LogP contribution in [0.1, 0.15) is 43.4 Å². The minimum absolute atomic E-state index is 0.378. The van der Waals surface area contributed by atoms with Crippen molar-refractivity contribution < 1.29 is 14.6 Å². The molecule has 0 heterocycles. The van der Waals surface area contributed by atoms with Crippen molar-refractivity contribution in [2.75, 3.05) is 13.2 Å². The Morgan fingerprint density at radius 2 is 2.00 bits per heavy atom. The number of rotatable bonds is 8. The molecule has 0 amide bonds. The smallest absolute Gasteiger partial charge is 0.323 e. The second kappa shape index (κ2) is 7.46. The molecule has 0 aliphatic heterocycles. The van der Waals surface area contributed by atoms with Crippen LogP contribution in [0.4, 0.5) is 0 Å². The van der Waals surface area contributed by atoms with Crippen LogP contribution in [-0.4, -0.2) is 29.8 Å². The molecular formula is C17H27NO3. The van der Waals surface area contributed by atoms with E-state index in [4.69, 9.17) is 4.74 Å². The predicted molar refractivity (Wildman–Crippen MR) is 85.1 cm³/mol. The Morgan fingerprint density at radius 3 is 2.57 bits per heavy atom. The van der Waals surface area contributed by atoms with Crippen LogP contribution in [0.5, 0.6) is 5.75 Å². The van der Waals surface area contributed by atoms with Crippen LogP contribution in [0.25, 0.3) is 0 Å². The van der Waals surface area contributed by atoms with Crippen molar-refractivity contribution >= 4 is 5.97 Å². The van der Waals surface area contributed by atoms with Gasteiger partial charge in [0.2, 0.25) is 0 Å². The predicted octanol–water partition coefficient (Wildman–Crippen LogP) is 3.22. The van der Waals surface area contributed by atoms with Gasteiger partial charge in [-0.25, -0.2) is 0 Å². The molecule has 0 aliphatic rings. The fourth-order valence-electron chi connectivity index (χ4n) is 2.19. The molecule has 21 heavy (non-hydrogen) atoms. The number of aliphatic carboxylic acids is 1. The Morgan fingerprint density at radius 1 is 1.33 bits per heavy atom. The minimum atomic E-state index is -0.942. The lowest BCUT2D eigenvalue weighted by molar-refractivity contribution is -0.144. The van der Waals surface area contributed by atoms with Crippen molar-refractivity contribution in [2.24, 2.45) is 0 Å². The van der Waals surface area contributed by atoms with Gasteiger partial charge in [0.05, 0.1) is 6.61 Å². The van der Waals surface area contributed by atoms with Gasteiger partial charge in [-0.2, -0.15) is 0 Å². The summed E-state index contributed by atoms with van der Waals surface area (Å²) in [5.41, 5.74) is 2.51. The Balaban J connectivity index is 2.68. The number of nitrogens with one attached hydrogen (secondary N) is 1. The van der Waals surface area contributed by atoms with Gasteiger partial charge in [-0.3, -0.25) is 4.79 Å². The van der Waals surface area contributed by atoms with E-state index >= 15 is 0 Å². The zero-order valence-corrected chi connectivity index (χ0v) is 13.7. The van der Waals surface area contributed by atoms with E-state index in [9.17, 15) is 9.90 Å². The molecule has 1 atom stereocenters. The molecule has 118 valence electrons. The molecular weight excluding hydrogens is 266 g/mol. The zero-order chi connectivity index (χ0) is 16.0. The highest BCUT2D eigenvalue weighted by molar-refractivity contribution is 5.78. The fraction of sp³-hybridized carbons (Fsp3) is 0.588. The maximum Gasteiger partial charge on any atom is 0.323 e. The summed E-state index contributed by atoms with van der Waals surface area (Å²) in [4.78, 5) is 11.4. The van der Waals surface area contributed by atoms with Gasteiger partial charge >= 0.3 is 5.97 Å². The first-order chi connectivity index (χ1) is 9.80. The summed E-state index contributed by atoms with van der Waals surface area (Å²) in [7, 11) is 0. The summed E-state index contributed by atoms with van der Waals surface area (Å²) in [5, 5.41) is 12.5. The van der Waals surface area contributed by atoms with Crippen molar-refractivity contribution in [1.29, 1.82) is 0 Å². The van der Waals surface area contributed by atoms with Crippen molar-refractivity contribution in [3.8, 4) is 5.75 Å². The second-order valence-corrected chi connectivity index (χ2v) is 5.87. The van der Waals surface area contributed by atoms with Gasteiger partial charge < -0.3 is 15.2 Å². The third kappa shape index (κ3) is 4.74.